The molecule has 10 heteroatoms. The fraction of sp³-hybridized carbons (Fsp3) is 0.188. The Kier molecular flexibility index (Phi) is 4.34. The summed E-state index contributed by atoms with van der Waals surface area (Å²) in [5, 5.41) is 1.77. The molecule has 2 aromatic heterocycles. The van der Waals surface area contributed by atoms with E-state index >= 15 is 0 Å². The average molecular weight is 370 g/mol. The Bertz CT molecular complexity index is 965. The van der Waals surface area contributed by atoms with Crippen LogP contribution >= 0.6 is 0 Å². The second-order valence-electron chi connectivity index (χ2n) is 5.49. The first-order valence-corrected chi connectivity index (χ1v) is 7.31. The standard InChI is InChI=1S/C16H11F5N4O/c1-8-6-7-25-13(22-8)11(23-15(25)18)14(26)24-12(16(19,20)21)9-2-4-10(17)5-3-9/h2-7,12H,1H3,(H,24,26). The number of carbonyl (C=O) groups is 1. The van der Waals surface area contributed by atoms with Gasteiger partial charge in [-0.05, 0) is 30.7 Å². The van der Waals surface area contributed by atoms with Crippen molar-refractivity contribution in [2.75, 3.05) is 0 Å². The molecule has 0 bridgehead atoms. The number of hydrogen-bond donors (Lipinski definition) is 1. The number of halogens is 5. The van der Waals surface area contributed by atoms with Gasteiger partial charge in [-0.25, -0.2) is 9.37 Å². The number of benzene rings is 1. The van der Waals surface area contributed by atoms with Crippen LogP contribution in [0.2, 0.25) is 0 Å². The van der Waals surface area contributed by atoms with Gasteiger partial charge in [-0.15, -0.1) is 0 Å². The van der Waals surface area contributed by atoms with Gasteiger partial charge in [0.05, 0.1) is 0 Å². The number of nitrogens with one attached hydrogen (secondary N) is 1. The van der Waals surface area contributed by atoms with Crippen molar-refractivity contribution in [2.24, 2.45) is 0 Å². The summed E-state index contributed by atoms with van der Waals surface area (Å²) in [4.78, 5) is 19.6. The Hall–Kier alpha value is -3.04. The van der Waals surface area contributed by atoms with Gasteiger partial charge < -0.3 is 5.32 Å². The van der Waals surface area contributed by atoms with E-state index in [9.17, 15) is 26.7 Å². The summed E-state index contributed by atoms with van der Waals surface area (Å²) in [6.45, 7) is 1.57. The van der Waals surface area contributed by atoms with Crippen LogP contribution in [0.15, 0.2) is 36.5 Å². The number of aryl methyl sites for hydroxylation is 1. The van der Waals surface area contributed by atoms with Crippen molar-refractivity contribution in [1.82, 2.24) is 19.7 Å². The number of alkyl halides is 3. The molecule has 1 amide bonds. The Labute approximate surface area is 143 Å². The van der Waals surface area contributed by atoms with Gasteiger partial charge in [0.15, 0.2) is 17.4 Å². The fourth-order valence-electron chi connectivity index (χ4n) is 2.38. The summed E-state index contributed by atoms with van der Waals surface area (Å²) in [5.41, 5.74) is -0.736. The summed E-state index contributed by atoms with van der Waals surface area (Å²) in [6.07, 6.45) is -4.67. The van der Waals surface area contributed by atoms with E-state index in [0.29, 0.717) is 5.69 Å². The number of imidazole rings is 1. The molecular weight excluding hydrogens is 359 g/mol. The zero-order valence-electron chi connectivity index (χ0n) is 13.2. The van der Waals surface area contributed by atoms with Crippen molar-refractivity contribution in [3.05, 3.63) is 65.4 Å². The van der Waals surface area contributed by atoms with Crippen molar-refractivity contribution in [3.63, 3.8) is 0 Å². The topological polar surface area (TPSA) is 59.3 Å². The Morgan fingerprint density at radius 2 is 1.77 bits per heavy atom. The van der Waals surface area contributed by atoms with E-state index < -0.39 is 35.7 Å². The number of nitrogens with zero attached hydrogens (tertiary/aromatic N) is 3. The SMILES string of the molecule is Cc1ccn2c(F)nc(C(=O)NC(c3ccc(F)cc3)C(F)(F)F)c2n1. The van der Waals surface area contributed by atoms with Crippen LogP contribution in [0.25, 0.3) is 5.65 Å². The molecule has 0 fully saturated rings. The molecule has 0 aliphatic heterocycles. The van der Waals surface area contributed by atoms with Crippen LogP contribution in [-0.4, -0.2) is 26.5 Å². The van der Waals surface area contributed by atoms with Crippen LogP contribution < -0.4 is 5.32 Å². The van der Waals surface area contributed by atoms with E-state index in [1.54, 1.807) is 12.2 Å². The van der Waals surface area contributed by atoms with Crippen LogP contribution in [0.4, 0.5) is 22.0 Å². The highest BCUT2D eigenvalue weighted by atomic mass is 19.4. The largest absolute Gasteiger partial charge is 0.412 e. The quantitative estimate of drug-likeness (QED) is 0.720. The minimum Gasteiger partial charge on any atom is -0.335 e. The normalized spacial score (nSPS) is 13.0. The summed E-state index contributed by atoms with van der Waals surface area (Å²) in [6, 6.07) is 2.54. The number of rotatable bonds is 3. The Balaban J connectivity index is 1.99. The molecule has 26 heavy (non-hydrogen) atoms. The number of hydrogen-bond acceptors (Lipinski definition) is 3. The maximum atomic E-state index is 13.8. The lowest BCUT2D eigenvalue weighted by molar-refractivity contribution is -0.155. The molecular formula is C16H11F5N4O. The Morgan fingerprint density at radius 1 is 1.12 bits per heavy atom. The second kappa shape index (κ2) is 6.36. The van der Waals surface area contributed by atoms with Crippen molar-refractivity contribution >= 4 is 11.6 Å². The zero-order chi connectivity index (χ0) is 19.1. The number of carbonyl (C=O) groups excluding carboxylic acids is 1. The number of aromatic nitrogens is 3. The lowest BCUT2D eigenvalue weighted by atomic mass is 10.1. The van der Waals surface area contributed by atoms with Crippen molar-refractivity contribution in [1.29, 1.82) is 0 Å². The first-order chi connectivity index (χ1) is 12.2. The molecule has 0 saturated carbocycles. The summed E-state index contributed by atoms with van der Waals surface area (Å²) in [7, 11) is 0. The van der Waals surface area contributed by atoms with E-state index in [0.717, 1.165) is 28.7 Å². The lowest BCUT2D eigenvalue weighted by Crippen LogP contribution is -2.38. The van der Waals surface area contributed by atoms with Crippen molar-refractivity contribution in [3.8, 4) is 0 Å². The number of fused-ring (bicyclic) bond motifs is 1. The predicted molar refractivity (Wildman–Crippen MR) is 80.3 cm³/mol. The third kappa shape index (κ3) is 3.35. The minimum atomic E-state index is -4.86. The van der Waals surface area contributed by atoms with Crippen LogP contribution in [0, 0.1) is 18.8 Å². The fourth-order valence-corrected chi connectivity index (χ4v) is 2.38. The van der Waals surface area contributed by atoms with Gasteiger partial charge in [0.1, 0.15) is 5.82 Å². The molecule has 3 aromatic rings. The average Bonchev–Trinajstić information content (AvgIpc) is 2.89. The summed E-state index contributed by atoms with van der Waals surface area (Å²) >= 11 is 0. The van der Waals surface area contributed by atoms with Gasteiger partial charge in [0, 0.05) is 11.9 Å². The molecule has 0 aliphatic carbocycles. The molecule has 0 aliphatic rings. The molecule has 1 N–H and O–H groups in total. The van der Waals surface area contributed by atoms with Crippen molar-refractivity contribution < 1.29 is 26.7 Å². The van der Waals surface area contributed by atoms with E-state index in [1.165, 1.54) is 12.3 Å². The molecule has 1 unspecified atom stereocenters. The van der Waals surface area contributed by atoms with Gasteiger partial charge in [-0.3, -0.25) is 9.20 Å². The van der Waals surface area contributed by atoms with Gasteiger partial charge >= 0.3 is 6.18 Å². The van der Waals surface area contributed by atoms with Crippen LogP contribution in [0.5, 0.6) is 0 Å². The molecule has 0 spiro atoms. The first-order valence-electron chi connectivity index (χ1n) is 7.31. The summed E-state index contributed by atoms with van der Waals surface area (Å²) in [5.74, 6) is -1.97. The van der Waals surface area contributed by atoms with Gasteiger partial charge in [0.2, 0.25) is 0 Å². The third-order valence-corrected chi connectivity index (χ3v) is 3.61. The highest BCUT2D eigenvalue weighted by molar-refractivity contribution is 5.98. The summed E-state index contributed by atoms with van der Waals surface area (Å²) < 4.78 is 67.6. The predicted octanol–water partition coefficient (Wildman–Crippen LogP) is 3.35. The lowest BCUT2D eigenvalue weighted by Gasteiger charge is -2.21. The molecule has 5 nitrogen and oxygen atoms in total. The molecule has 0 saturated heterocycles. The molecule has 3 rings (SSSR count). The highest BCUT2D eigenvalue weighted by Gasteiger charge is 2.42. The maximum Gasteiger partial charge on any atom is 0.412 e. The first kappa shape index (κ1) is 17.8. The Morgan fingerprint density at radius 3 is 2.38 bits per heavy atom. The number of amides is 1. The van der Waals surface area contributed by atoms with Crippen LogP contribution in [-0.2, 0) is 0 Å². The van der Waals surface area contributed by atoms with Gasteiger partial charge in [0.25, 0.3) is 12.0 Å². The highest BCUT2D eigenvalue weighted by Crippen LogP contribution is 2.33. The maximum absolute atomic E-state index is 13.8. The van der Waals surface area contributed by atoms with E-state index in [4.69, 9.17) is 0 Å². The van der Waals surface area contributed by atoms with E-state index in [-0.39, 0.29) is 11.2 Å². The van der Waals surface area contributed by atoms with Gasteiger partial charge in [-0.2, -0.15) is 22.5 Å². The molecule has 136 valence electrons. The van der Waals surface area contributed by atoms with E-state index in [1.807, 2.05) is 0 Å². The zero-order valence-corrected chi connectivity index (χ0v) is 13.2. The van der Waals surface area contributed by atoms with Gasteiger partial charge in [-0.1, -0.05) is 12.1 Å². The third-order valence-electron chi connectivity index (χ3n) is 3.61. The van der Waals surface area contributed by atoms with E-state index in [2.05, 4.69) is 9.97 Å². The smallest absolute Gasteiger partial charge is 0.335 e. The van der Waals surface area contributed by atoms with Crippen molar-refractivity contribution in [2.45, 2.75) is 19.1 Å². The minimum absolute atomic E-state index is 0.208. The second-order valence-corrected chi connectivity index (χ2v) is 5.49. The van der Waals surface area contributed by atoms with Crippen LogP contribution in [0.3, 0.4) is 0 Å². The molecule has 2 heterocycles. The van der Waals surface area contributed by atoms with Crippen LogP contribution in [0.1, 0.15) is 27.8 Å². The molecule has 0 radical (unpaired) electrons. The molecule has 1 atom stereocenters. The monoisotopic (exact) mass is 370 g/mol. The molecule has 1 aromatic carbocycles.